The van der Waals surface area contributed by atoms with E-state index in [4.69, 9.17) is 6.42 Å². The highest BCUT2D eigenvalue weighted by Crippen LogP contribution is 2.33. The van der Waals surface area contributed by atoms with Crippen molar-refractivity contribution in [2.45, 2.75) is 57.7 Å². The van der Waals surface area contributed by atoms with Crippen LogP contribution in [-0.4, -0.2) is 52.7 Å². The van der Waals surface area contributed by atoms with Crippen molar-refractivity contribution in [1.82, 2.24) is 15.1 Å². The lowest BCUT2D eigenvalue weighted by atomic mass is 10.0. The smallest absolute Gasteiger partial charge is 0.254 e. The van der Waals surface area contributed by atoms with E-state index in [2.05, 4.69) is 11.2 Å². The standard InChI is InChI=1S/C22H27N3O3/c1-3-4-11-21(27)24-12-13-25(20-10-6-9-19(20)24)22(28)18-8-5-7-17(14-18)15-23-16(2)26/h1,5,7-8,14,19-20H,4,6,9-13,15H2,2H3,(H,23,26)/t19-,20+/m1/s1. The van der Waals surface area contributed by atoms with Gasteiger partial charge in [-0.3, -0.25) is 14.4 Å². The quantitative estimate of drug-likeness (QED) is 0.793. The molecule has 0 radical (unpaired) electrons. The fraction of sp³-hybridized carbons (Fsp3) is 0.500. The molecule has 6 nitrogen and oxygen atoms in total. The Morgan fingerprint density at radius 3 is 2.61 bits per heavy atom. The SMILES string of the molecule is C#CCCC(=O)N1CCN(C(=O)c2cccc(CNC(C)=O)c2)[C@H]2CCC[C@H]21. The van der Waals surface area contributed by atoms with Crippen molar-refractivity contribution >= 4 is 17.7 Å². The second-order valence-electron chi connectivity index (χ2n) is 7.47. The molecule has 1 saturated carbocycles. The number of hydrogen-bond acceptors (Lipinski definition) is 3. The van der Waals surface area contributed by atoms with Crippen molar-refractivity contribution in [1.29, 1.82) is 0 Å². The zero-order valence-corrected chi connectivity index (χ0v) is 16.3. The van der Waals surface area contributed by atoms with E-state index < -0.39 is 0 Å². The second-order valence-corrected chi connectivity index (χ2v) is 7.47. The molecular weight excluding hydrogens is 354 g/mol. The number of terminal acetylenes is 1. The summed E-state index contributed by atoms with van der Waals surface area (Å²) in [5.74, 6) is 2.52. The van der Waals surface area contributed by atoms with Gasteiger partial charge in [-0.05, 0) is 37.0 Å². The molecule has 1 N–H and O–H groups in total. The van der Waals surface area contributed by atoms with Crippen molar-refractivity contribution in [2.75, 3.05) is 13.1 Å². The molecule has 1 aromatic rings. The number of rotatable bonds is 5. The van der Waals surface area contributed by atoms with Crippen LogP contribution in [0.15, 0.2) is 24.3 Å². The normalized spacial score (nSPS) is 21.0. The van der Waals surface area contributed by atoms with Crippen molar-refractivity contribution in [3.63, 3.8) is 0 Å². The molecule has 0 unspecified atom stereocenters. The lowest BCUT2D eigenvalue weighted by molar-refractivity contribution is -0.136. The number of carbonyl (C=O) groups excluding carboxylic acids is 3. The molecule has 2 aliphatic rings. The molecule has 28 heavy (non-hydrogen) atoms. The van der Waals surface area contributed by atoms with Crippen LogP contribution in [0.4, 0.5) is 0 Å². The molecule has 0 spiro atoms. The molecular formula is C22H27N3O3. The molecule has 1 aliphatic heterocycles. The molecule has 148 valence electrons. The van der Waals surface area contributed by atoms with E-state index in [9.17, 15) is 14.4 Å². The van der Waals surface area contributed by atoms with Crippen LogP contribution >= 0.6 is 0 Å². The first-order chi connectivity index (χ1) is 13.5. The van der Waals surface area contributed by atoms with E-state index in [0.29, 0.717) is 38.0 Å². The minimum absolute atomic E-state index is 0.00250. The third kappa shape index (κ3) is 4.36. The number of fused-ring (bicyclic) bond motifs is 1. The Morgan fingerprint density at radius 1 is 1.18 bits per heavy atom. The van der Waals surface area contributed by atoms with Gasteiger partial charge in [0.05, 0.1) is 12.1 Å². The van der Waals surface area contributed by atoms with Crippen molar-refractivity contribution in [2.24, 2.45) is 0 Å². The summed E-state index contributed by atoms with van der Waals surface area (Å²) in [7, 11) is 0. The first kappa shape index (κ1) is 19.9. The number of benzene rings is 1. The van der Waals surface area contributed by atoms with Gasteiger partial charge in [0.2, 0.25) is 11.8 Å². The first-order valence-electron chi connectivity index (χ1n) is 9.88. The Balaban J connectivity index is 1.72. The zero-order chi connectivity index (χ0) is 20.1. The van der Waals surface area contributed by atoms with E-state index in [-0.39, 0.29) is 29.8 Å². The molecule has 3 rings (SSSR count). The van der Waals surface area contributed by atoms with E-state index in [0.717, 1.165) is 24.8 Å². The van der Waals surface area contributed by atoms with Crippen LogP contribution in [0.1, 0.15) is 54.9 Å². The molecule has 0 bridgehead atoms. The third-order valence-corrected chi connectivity index (χ3v) is 5.61. The highest BCUT2D eigenvalue weighted by molar-refractivity contribution is 5.95. The fourth-order valence-electron chi connectivity index (χ4n) is 4.29. The Bertz CT molecular complexity index is 798. The molecule has 1 saturated heterocycles. The van der Waals surface area contributed by atoms with Crippen LogP contribution in [0.3, 0.4) is 0 Å². The Kier molecular flexibility index (Phi) is 6.35. The summed E-state index contributed by atoms with van der Waals surface area (Å²) in [6.45, 7) is 2.97. The molecule has 2 fully saturated rings. The Labute approximate surface area is 166 Å². The molecule has 1 aromatic carbocycles. The number of piperazine rings is 1. The van der Waals surface area contributed by atoms with Gasteiger partial charge in [-0.15, -0.1) is 12.3 Å². The maximum atomic E-state index is 13.2. The van der Waals surface area contributed by atoms with Gasteiger partial charge in [0.1, 0.15) is 0 Å². The maximum absolute atomic E-state index is 13.2. The molecule has 6 heteroatoms. The lowest BCUT2D eigenvalue weighted by Crippen LogP contribution is -2.60. The largest absolute Gasteiger partial charge is 0.352 e. The van der Waals surface area contributed by atoms with Gasteiger partial charge < -0.3 is 15.1 Å². The number of carbonyl (C=O) groups is 3. The average Bonchev–Trinajstić information content (AvgIpc) is 3.19. The number of nitrogens with one attached hydrogen (secondary N) is 1. The number of nitrogens with zero attached hydrogens (tertiary/aromatic N) is 2. The van der Waals surface area contributed by atoms with E-state index in [1.165, 1.54) is 6.92 Å². The van der Waals surface area contributed by atoms with Gasteiger partial charge >= 0.3 is 0 Å². The molecule has 2 atom stereocenters. The average molecular weight is 381 g/mol. The molecule has 1 aliphatic carbocycles. The summed E-state index contributed by atoms with van der Waals surface area (Å²) < 4.78 is 0. The van der Waals surface area contributed by atoms with Crippen LogP contribution in [0.25, 0.3) is 0 Å². The van der Waals surface area contributed by atoms with Crippen molar-refractivity contribution < 1.29 is 14.4 Å². The lowest BCUT2D eigenvalue weighted by Gasteiger charge is -2.45. The summed E-state index contributed by atoms with van der Waals surface area (Å²) in [5.41, 5.74) is 1.52. The number of hydrogen-bond donors (Lipinski definition) is 1. The molecule has 1 heterocycles. The fourth-order valence-corrected chi connectivity index (χ4v) is 4.29. The minimum atomic E-state index is -0.101. The highest BCUT2D eigenvalue weighted by Gasteiger charge is 2.43. The van der Waals surface area contributed by atoms with Crippen LogP contribution in [0.2, 0.25) is 0 Å². The van der Waals surface area contributed by atoms with Gasteiger partial charge in [-0.25, -0.2) is 0 Å². The summed E-state index contributed by atoms with van der Waals surface area (Å²) in [6.07, 6.45) is 8.98. The van der Waals surface area contributed by atoms with Crippen LogP contribution < -0.4 is 5.32 Å². The Morgan fingerprint density at radius 2 is 1.89 bits per heavy atom. The monoisotopic (exact) mass is 381 g/mol. The summed E-state index contributed by atoms with van der Waals surface area (Å²) >= 11 is 0. The summed E-state index contributed by atoms with van der Waals surface area (Å²) in [5, 5.41) is 2.76. The van der Waals surface area contributed by atoms with Crippen molar-refractivity contribution in [3.8, 4) is 12.3 Å². The minimum Gasteiger partial charge on any atom is -0.352 e. The summed E-state index contributed by atoms with van der Waals surface area (Å²) in [4.78, 5) is 40.7. The van der Waals surface area contributed by atoms with Gasteiger partial charge in [0.15, 0.2) is 0 Å². The van der Waals surface area contributed by atoms with E-state index in [1.54, 1.807) is 0 Å². The Hall–Kier alpha value is -2.81. The third-order valence-electron chi connectivity index (χ3n) is 5.61. The van der Waals surface area contributed by atoms with Crippen LogP contribution in [-0.2, 0) is 16.1 Å². The van der Waals surface area contributed by atoms with Gasteiger partial charge in [-0.1, -0.05) is 12.1 Å². The van der Waals surface area contributed by atoms with Gasteiger partial charge in [0.25, 0.3) is 5.91 Å². The highest BCUT2D eigenvalue weighted by atomic mass is 16.2. The maximum Gasteiger partial charge on any atom is 0.254 e. The van der Waals surface area contributed by atoms with Gasteiger partial charge in [0, 0.05) is 45.0 Å². The van der Waals surface area contributed by atoms with Crippen LogP contribution in [0.5, 0.6) is 0 Å². The molecule has 3 amide bonds. The molecule has 0 aromatic heterocycles. The van der Waals surface area contributed by atoms with Gasteiger partial charge in [-0.2, -0.15) is 0 Å². The predicted molar refractivity (Wildman–Crippen MR) is 106 cm³/mol. The van der Waals surface area contributed by atoms with E-state index in [1.807, 2.05) is 34.1 Å². The van der Waals surface area contributed by atoms with Crippen molar-refractivity contribution in [3.05, 3.63) is 35.4 Å². The van der Waals surface area contributed by atoms with Crippen LogP contribution in [0, 0.1) is 12.3 Å². The summed E-state index contributed by atoms with van der Waals surface area (Å²) in [6, 6.07) is 7.55. The number of amides is 3. The second kappa shape index (κ2) is 8.92. The predicted octanol–water partition coefficient (Wildman–Crippen LogP) is 1.94. The first-order valence-corrected chi connectivity index (χ1v) is 9.88. The zero-order valence-electron chi connectivity index (χ0n) is 16.3. The topological polar surface area (TPSA) is 69.7 Å². The van der Waals surface area contributed by atoms with E-state index >= 15 is 0 Å².